The first-order chi connectivity index (χ1) is 21.5. The standard InChI is InChI=1S/C35H41N7O2/c1-4-32(43)42-20-19-41(23-28(42)15-17-36)34-29-16-18-40(31-14-8-11-26-10-7-9-25(2)33(26)31)24-30(29)37-35(38-34)44-22-21-39(3)27-12-5-6-13-27/h4,7-11,14,23,27H,1,5-6,12-13,15-16,18-22,24H2,2-3H3. The number of carbonyl (C=O) groups is 1. The first-order valence-electron chi connectivity index (χ1n) is 15.7. The van der Waals surface area contributed by atoms with Crippen LogP contribution in [0.15, 0.2) is 61.0 Å². The van der Waals surface area contributed by atoms with Crippen LogP contribution in [0.5, 0.6) is 6.01 Å². The molecule has 1 amide bonds. The van der Waals surface area contributed by atoms with Gasteiger partial charge in [-0.15, -0.1) is 0 Å². The lowest BCUT2D eigenvalue weighted by Crippen LogP contribution is -2.42. The van der Waals surface area contributed by atoms with Crippen LogP contribution in [0.3, 0.4) is 0 Å². The van der Waals surface area contributed by atoms with Crippen LogP contribution in [-0.4, -0.2) is 71.6 Å². The Balaban J connectivity index is 1.33. The number of nitriles is 1. The van der Waals surface area contributed by atoms with E-state index in [1.54, 1.807) is 4.90 Å². The number of amides is 1. The SMILES string of the molecule is C=CC(=O)N1CCN(c2nc(OCCN(C)C3CCCC3)nc3c2CCN(c2cccc4cccc(C)c24)C3)C=C1CC#N. The van der Waals surface area contributed by atoms with Crippen LogP contribution in [0.2, 0.25) is 0 Å². The molecule has 0 atom stereocenters. The Morgan fingerprint density at radius 1 is 1.16 bits per heavy atom. The van der Waals surface area contributed by atoms with E-state index in [2.05, 4.69) is 77.7 Å². The molecule has 3 aliphatic rings. The van der Waals surface area contributed by atoms with Crippen LogP contribution in [0.25, 0.3) is 10.8 Å². The maximum atomic E-state index is 12.5. The second-order valence-electron chi connectivity index (χ2n) is 12.0. The fraction of sp³-hybridized carbons (Fsp3) is 0.429. The van der Waals surface area contributed by atoms with E-state index in [1.165, 1.54) is 53.8 Å². The number of benzene rings is 2. The first-order valence-corrected chi connectivity index (χ1v) is 15.7. The molecule has 3 heterocycles. The molecule has 1 aliphatic carbocycles. The van der Waals surface area contributed by atoms with Crippen LogP contribution in [-0.2, 0) is 17.8 Å². The molecule has 228 valence electrons. The van der Waals surface area contributed by atoms with Crippen molar-refractivity contribution in [3.05, 3.63) is 77.8 Å². The van der Waals surface area contributed by atoms with Crippen LogP contribution in [0.4, 0.5) is 11.5 Å². The molecule has 0 saturated heterocycles. The third-order valence-electron chi connectivity index (χ3n) is 9.27. The van der Waals surface area contributed by atoms with Gasteiger partial charge in [-0.25, -0.2) is 0 Å². The summed E-state index contributed by atoms with van der Waals surface area (Å²) in [7, 11) is 2.17. The zero-order chi connectivity index (χ0) is 30.6. The number of nitrogens with zero attached hydrogens (tertiary/aromatic N) is 7. The molecule has 1 fully saturated rings. The Kier molecular flexibility index (Phi) is 8.80. The molecule has 9 nitrogen and oxygen atoms in total. The zero-order valence-corrected chi connectivity index (χ0v) is 25.8. The number of anilines is 2. The molecule has 0 unspecified atom stereocenters. The highest BCUT2D eigenvalue weighted by Crippen LogP contribution is 2.36. The van der Waals surface area contributed by atoms with Gasteiger partial charge in [-0.2, -0.15) is 15.2 Å². The summed E-state index contributed by atoms with van der Waals surface area (Å²) in [5.41, 5.74) is 5.14. The van der Waals surface area contributed by atoms with E-state index in [4.69, 9.17) is 14.7 Å². The van der Waals surface area contributed by atoms with Gasteiger partial charge in [0.1, 0.15) is 12.4 Å². The molecule has 2 aliphatic heterocycles. The molecule has 0 spiro atoms. The van der Waals surface area contributed by atoms with Crippen molar-refractivity contribution in [1.29, 1.82) is 5.26 Å². The molecule has 2 aromatic carbocycles. The van der Waals surface area contributed by atoms with Gasteiger partial charge in [0, 0.05) is 55.1 Å². The van der Waals surface area contributed by atoms with E-state index in [0.717, 1.165) is 36.6 Å². The summed E-state index contributed by atoms with van der Waals surface area (Å²) in [6.45, 7) is 9.59. The number of hydrogen-bond acceptors (Lipinski definition) is 8. The zero-order valence-electron chi connectivity index (χ0n) is 25.8. The highest BCUT2D eigenvalue weighted by Gasteiger charge is 2.30. The summed E-state index contributed by atoms with van der Waals surface area (Å²) in [6, 6.07) is 16.1. The van der Waals surface area contributed by atoms with E-state index in [-0.39, 0.29) is 12.3 Å². The number of allylic oxidation sites excluding steroid dienone is 1. The number of carbonyl (C=O) groups excluding carboxylic acids is 1. The van der Waals surface area contributed by atoms with E-state index in [1.807, 2.05) is 6.20 Å². The molecule has 3 aromatic rings. The number of hydrogen-bond donors (Lipinski definition) is 0. The van der Waals surface area contributed by atoms with Gasteiger partial charge in [0.25, 0.3) is 0 Å². The van der Waals surface area contributed by atoms with Gasteiger partial charge in [-0.05, 0) is 56.3 Å². The lowest BCUT2D eigenvalue weighted by molar-refractivity contribution is -0.124. The normalized spacial score (nSPS) is 17.0. The second kappa shape index (κ2) is 13.1. The summed E-state index contributed by atoms with van der Waals surface area (Å²) in [5.74, 6) is 0.594. The van der Waals surface area contributed by atoms with Gasteiger partial charge in [0.2, 0.25) is 5.91 Å². The van der Waals surface area contributed by atoms with Gasteiger partial charge in [-0.1, -0.05) is 49.8 Å². The topological polar surface area (TPSA) is 88.8 Å². The van der Waals surface area contributed by atoms with E-state index in [0.29, 0.717) is 44.0 Å². The van der Waals surface area contributed by atoms with Crippen molar-refractivity contribution in [3.63, 3.8) is 0 Å². The predicted octanol–water partition coefficient (Wildman–Crippen LogP) is 5.34. The summed E-state index contributed by atoms with van der Waals surface area (Å²) in [5, 5.41) is 12.0. The van der Waals surface area contributed by atoms with Crippen molar-refractivity contribution in [2.24, 2.45) is 0 Å². The molecule has 0 bridgehead atoms. The van der Waals surface area contributed by atoms with E-state index >= 15 is 0 Å². The molecule has 1 aromatic heterocycles. The van der Waals surface area contributed by atoms with Crippen molar-refractivity contribution in [2.75, 3.05) is 49.6 Å². The fourth-order valence-corrected chi connectivity index (χ4v) is 6.89. The van der Waals surface area contributed by atoms with Crippen molar-refractivity contribution >= 4 is 28.2 Å². The number of aromatic nitrogens is 2. The molecule has 1 saturated carbocycles. The molecule has 6 rings (SSSR count). The highest BCUT2D eigenvalue weighted by atomic mass is 16.5. The molecule has 44 heavy (non-hydrogen) atoms. The molecule has 0 radical (unpaired) electrons. The van der Waals surface area contributed by atoms with Crippen molar-refractivity contribution in [2.45, 2.75) is 58.0 Å². The molecule has 9 heteroatoms. The van der Waals surface area contributed by atoms with Gasteiger partial charge in [-0.3, -0.25) is 4.79 Å². The van der Waals surface area contributed by atoms with Crippen LogP contribution < -0.4 is 14.5 Å². The third kappa shape index (κ3) is 6.00. The van der Waals surface area contributed by atoms with Crippen LogP contribution in [0.1, 0.15) is 48.9 Å². The summed E-state index contributed by atoms with van der Waals surface area (Å²) >= 11 is 0. The van der Waals surface area contributed by atoms with E-state index in [9.17, 15) is 10.1 Å². The monoisotopic (exact) mass is 591 g/mol. The second-order valence-corrected chi connectivity index (χ2v) is 12.0. The molecule has 0 N–H and O–H groups in total. The maximum Gasteiger partial charge on any atom is 0.318 e. The number of likely N-dealkylation sites (N-methyl/N-ethyl adjacent to an activating group) is 1. The quantitative estimate of drug-likeness (QED) is 0.308. The first kappa shape index (κ1) is 29.6. The fourth-order valence-electron chi connectivity index (χ4n) is 6.89. The average molecular weight is 592 g/mol. The minimum atomic E-state index is -0.202. The lowest BCUT2D eigenvalue weighted by Gasteiger charge is -2.36. The maximum absolute atomic E-state index is 12.5. The number of ether oxygens (including phenoxy) is 1. The van der Waals surface area contributed by atoms with Crippen LogP contribution >= 0.6 is 0 Å². The van der Waals surface area contributed by atoms with E-state index < -0.39 is 0 Å². The summed E-state index contributed by atoms with van der Waals surface area (Å²) in [4.78, 5) is 30.9. The Labute approximate surface area is 260 Å². The Bertz CT molecular complexity index is 1620. The molecular formula is C35H41N7O2. The Morgan fingerprint density at radius 2 is 1.95 bits per heavy atom. The minimum absolute atomic E-state index is 0.119. The average Bonchev–Trinajstić information content (AvgIpc) is 3.59. The number of rotatable bonds is 9. The van der Waals surface area contributed by atoms with Crippen LogP contribution in [0, 0.1) is 18.3 Å². The predicted molar refractivity (Wildman–Crippen MR) is 173 cm³/mol. The Morgan fingerprint density at radius 3 is 2.73 bits per heavy atom. The van der Waals surface area contributed by atoms with Crippen molar-refractivity contribution < 1.29 is 9.53 Å². The van der Waals surface area contributed by atoms with Gasteiger partial charge < -0.3 is 24.3 Å². The third-order valence-corrected chi connectivity index (χ3v) is 9.27. The number of aryl methyl sites for hydroxylation is 1. The largest absolute Gasteiger partial charge is 0.462 e. The minimum Gasteiger partial charge on any atom is -0.462 e. The Hall–Kier alpha value is -4.42. The highest BCUT2D eigenvalue weighted by molar-refractivity contribution is 5.97. The van der Waals surface area contributed by atoms with Crippen molar-refractivity contribution in [3.8, 4) is 12.1 Å². The molecular weight excluding hydrogens is 550 g/mol. The number of fused-ring (bicyclic) bond motifs is 2. The summed E-state index contributed by atoms with van der Waals surface area (Å²) < 4.78 is 6.26. The smallest absolute Gasteiger partial charge is 0.318 e. The van der Waals surface area contributed by atoms with Gasteiger partial charge in [0.05, 0.1) is 30.4 Å². The summed E-state index contributed by atoms with van der Waals surface area (Å²) in [6.07, 6.45) is 9.16. The van der Waals surface area contributed by atoms with Crippen molar-refractivity contribution in [1.82, 2.24) is 19.8 Å². The lowest BCUT2D eigenvalue weighted by atomic mass is 9.99. The van der Waals surface area contributed by atoms with Gasteiger partial charge in [0.15, 0.2) is 0 Å². The van der Waals surface area contributed by atoms with Gasteiger partial charge >= 0.3 is 6.01 Å².